The number of fused-ring (bicyclic) bond motifs is 1. The van der Waals surface area contributed by atoms with Crippen molar-refractivity contribution in [3.05, 3.63) is 73.5 Å². The van der Waals surface area contributed by atoms with Crippen LogP contribution in [0.4, 0.5) is 0 Å². The first-order chi connectivity index (χ1) is 15.0. The van der Waals surface area contributed by atoms with Gasteiger partial charge in [-0.05, 0) is 59.7 Å². The van der Waals surface area contributed by atoms with Crippen molar-refractivity contribution in [1.29, 1.82) is 0 Å². The van der Waals surface area contributed by atoms with Gasteiger partial charge in [0.15, 0.2) is 5.82 Å². The monoisotopic (exact) mass is 447 g/mol. The highest BCUT2D eigenvalue weighted by Gasteiger charge is 2.16. The van der Waals surface area contributed by atoms with Gasteiger partial charge in [0.05, 0.1) is 4.53 Å². The summed E-state index contributed by atoms with van der Waals surface area (Å²) in [6.45, 7) is 11.6. The summed E-state index contributed by atoms with van der Waals surface area (Å²) in [6.07, 6.45) is 1.82. The smallest absolute Gasteiger partial charge is 0.308 e. The maximum Gasteiger partial charge on any atom is 0.308 e. The lowest BCUT2D eigenvalue weighted by Crippen LogP contribution is -2.23. The molecule has 32 heavy (non-hydrogen) atoms. The first-order valence-electron chi connectivity index (χ1n) is 10.3. The van der Waals surface area contributed by atoms with E-state index in [1.807, 2.05) is 44.2 Å². The van der Waals surface area contributed by atoms with Crippen LogP contribution in [0.15, 0.2) is 41.2 Å². The number of nitrogens with zero attached hydrogens (tertiary/aromatic N) is 3. The van der Waals surface area contributed by atoms with Crippen LogP contribution in [0, 0.1) is 13.8 Å². The third-order valence-corrected chi connectivity index (χ3v) is 6.18. The molecule has 164 valence electrons. The third-order valence-electron chi connectivity index (χ3n) is 5.22. The molecule has 0 unspecified atom stereocenters. The number of esters is 1. The molecule has 0 fully saturated rings. The van der Waals surface area contributed by atoms with Crippen LogP contribution in [0.1, 0.15) is 49.9 Å². The van der Waals surface area contributed by atoms with Gasteiger partial charge in [-0.25, -0.2) is 0 Å². The number of aryl methyl sites for hydroxylation is 2. The lowest BCUT2D eigenvalue weighted by Gasteiger charge is -2.18. The molecule has 0 saturated heterocycles. The Morgan fingerprint density at radius 3 is 2.25 bits per heavy atom. The molecule has 0 aliphatic rings. The van der Waals surface area contributed by atoms with Gasteiger partial charge >= 0.3 is 5.97 Å². The highest BCUT2D eigenvalue weighted by atomic mass is 32.1. The molecule has 0 radical (unpaired) electrons. The molecule has 2 aromatic heterocycles. The van der Waals surface area contributed by atoms with E-state index in [9.17, 15) is 9.59 Å². The normalized spacial score (nSPS) is 12.5. The zero-order valence-electron chi connectivity index (χ0n) is 19.0. The summed E-state index contributed by atoms with van der Waals surface area (Å²) < 4.78 is 7.19. The zero-order chi connectivity index (χ0) is 23.2. The summed E-state index contributed by atoms with van der Waals surface area (Å²) in [6, 6.07) is 11.9. The Hall–Kier alpha value is -3.32. The summed E-state index contributed by atoms with van der Waals surface area (Å²) >= 11 is 1.30. The van der Waals surface area contributed by atoms with Gasteiger partial charge in [0.1, 0.15) is 5.75 Å². The highest BCUT2D eigenvalue weighted by molar-refractivity contribution is 7.15. The fourth-order valence-electron chi connectivity index (χ4n) is 3.60. The third kappa shape index (κ3) is 4.21. The molecule has 2 aromatic carbocycles. The number of rotatable bonds is 3. The van der Waals surface area contributed by atoms with Crippen LogP contribution in [0.2, 0.25) is 0 Å². The van der Waals surface area contributed by atoms with Crippen LogP contribution in [-0.4, -0.2) is 20.6 Å². The van der Waals surface area contributed by atoms with Crippen LogP contribution in [0.25, 0.3) is 22.4 Å². The SMILES string of the molecule is CC(=O)Oc1c(C)cc(/C=c2\sc3nc(-c4ccc(C(C)(C)C)cc4)nn3c2=O)cc1C. The van der Waals surface area contributed by atoms with Gasteiger partial charge < -0.3 is 4.74 Å². The van der Waals surface area contributed by atoms with Crippen LogP contribution >= 0.6 is 11.3 Å². The van der Waals surface area contributed by atoms with Gasteiger partial charge in [0.25, 0.3) is 5.56 Å². The van der Waals surface area contributed by atoms with Gasteiger partial charge in [0, 0.05) is 12.5 Å². The number of hydrogen-bond acceptors (Lipinski definition) is 6. The summed E-state index contributed by atoms with van der Waals surface area (Å²) in [5.74, 6) is 0.740. The minimum absolute atomic E-state index is 0.0700. The van der Waals surface area contributed by atoms with E-state index in [0.29, 0.717) is 21.1 Å². The Bertz CT molecular complexity index is 1420. The Labute approximate surface area is 190 Å². The number of hydrogen-bond donors (Lipinski definition) is 0. The van der Waals surface area contributed by atoms with E-state index in [0.717, 1.165) is 22.3 Å². The highest BCUT2D eigenvalue weighted by Crippen LogP contribution is 2.26. The van der Waals surface area contributed by atoms with Crippen molar-refractivity contribution in [3.8, 4) is 17.1 Å². The molecule has 2 heterocycles. The van der Waals surface area contributed by atoms with Crippen molar-refractivity contribution in [3.63, 3.8) is 0 Å². The molecular weight excluding hydrogens is 422 g/mol. The van der Waals surface area contributed by atoms with Gasteiger partial charge in [-0.3, -0.25) is 9.59 Å². The fraction of sp³-hybridized carbons (Fsp3) is 0.280. The Kier molecular flexibility index (Phi) is 5.46. The Morgan fingerprint density at radius 1 is 1.09 bits per heavy atom. The second-order valence-electron chi connectivity index (χ2n) is 8.95. The van der Waals surface area contributed by atoms with Crippen molar-refractivity contribution in [2.45, 2.75) is 47.0 Å². The first-order valence-corrected chi connectivity index (χ1v) is 11.2. The first kappa shape index (κ1) is 21.9. The van der Waals surface area contributed by atoms with Crippen molar-refractivity contribution < 1.29 is 9.53 Å². The number of carbonyl (C=O) groups excluding carboxylic acids is 1. The van der Waals surface area contributed by atoms with Gasteiger partial charge in [-0.15, -0.1) is 5.10 Å². The second-order valence-corrected chi connectivity index (χ2v) is 9.96. The number of benzene rings is 2. The Balaban J connectivity index is 1.70. The summed E-state index contributed by atoms with van der Waals surface area (Å²) in [4.78, 5) is 29.4. The molecule has 0 N–H and O–H groups in total. The number of thiazole rings is 1. The Morgan fingerprint density at radius 2 is 1.72 bits per heavy atom. The van der Waals surface area contributed by atoms with Gasteiger partial charge in [-0.2, -0.15) is 9.50 Å². The molecule has 4 rings (SSSR count). The lowest BCUT2D eigenvalue weighted by molar-refractivity contribution is -0.131. The largest absolute Gasteiger partial charge is 0.426 e. The summed E-state index contributed by atoms with van der Waals surface area (Å²) in [5, 5.41) is 4.44. The van der Waals surface area contributed by atoms with Crippen LogP contribution in [0.5, 0.6) is 5.75 Å². The maximum atomic E-state index is 12.9. The van der Waals surface area contributed by atoms with Crippen molar-refractivity contribution in [1.82, 2.24) is 14.6 Å². The molecular formula is C25H25N3O3S. The molecule has 0 spiro atoms. The standard InChI is InChI=1S/C25H25N3O3S/c1-14-11-17(12-15(2)21(14)31-16(3)29)13-20-23(30)28-24(32-20)26-22(27-28)18-7-9-19(10-8-18)25(4,5)6/h7-13H,1-6H3/b20-13-. The second kappa shape index (κ2) is 7.98. The molecule has 7 heteroatoms. The average Bonchev–Trinajstić information content (AvgIpc) is 3.24. The van der Waals surface area contributed by atoms with Crippen molar-refractivity contribution >= 4 is 28.3 Å². The molecule has 4 aromatic rings. The van der Waals surface area contributed by atoms with Crippen LogP contribution < -0.4 is 14.8 Å². The number of aromatic nitrogens is 3. The topological polar surface area (TPSA) is 73.6 Å². The van der Waals surface area contributed by atoms with Crippen molar-refractivity contribution in [2.24, 2.45) is 0 Å². The number of carbonyl (C=O) groups is 1. The molecule has 0 aliphatic carbocycles. The summed E-state index contributed by atoms with van der Waals surface area (Å²) in [7, 11) is 0. The minimum atomic E-state index is -0.357. The predicted octanol–water partition coefficient (Wildman–Crippen LogP) is 4.21. The maximum absolute atomic E-state index is 12.9. The zero-order valence-corrected chi connectivity index (χ0v) is 19.8. The quantitative estimate of drug-likeness (QED) is 0.348. The van der Waals surface area contributed by atoms with E-state index < -0.39 is 0 Å². The molecule has 0 aliphatic heterocycles. The average molecular weight is 448 g/mol. The van der Waals surface area contributed by atoms with Crippen LogP contribution in [0.3, 0.4) is 0 Å². The predicted molar refractivity (Wildman–Crippen MR) is 127 cm³/mol. The van der Waals surface area contributed by atoms with E-state index in [1.54, 1.807) is 0 Å². The molecule has 0 saturated carbocycles. The van der Waals surface area contributed by atoms with E-state index in [2.05, 4.69) is 43.0 Å². The summed E-state index contributed by atoms with van der Waals surface area (Å²) in [5.41, 5.74) is 4.50. The molecule has 6 nitrogen and oxygen atoms in total. The van der Waals surface area contributed by atoms with Crippen molar-refractivity contribution in [2.75, 3.05) is 0 Å². The molecule has 0 bridgehead atoms. The minimum Gasteiger partial charge on any atom is -0.426 e. The molecule has 0 atom stereocenters. The van der Waals surface area contributed by atoms with E-state index in [-0.39, 0.29) is 16.9 Å². The number of ether oxygens (including phenoxy) is 1. The van der Waals surface area contributed by atoms with Gasteiger partial charge in [0.2, 0.25) is 4.96 Å². The molecule has 0 amide bonds. The van der Waals surface area contributed by atoms with Crippen LogP contribution in [-0.2, 0) is 10.2 Å². The van der Waals surface area contributed by atoms with E-state index in [1.165, 1.54) is 28.3 Å². The fourth-order valence-corrected chi connectivity index (χ4v) is 4.51. The van der Waals surface area contributed by atoms with E-state index in [4.69, 9.17) is 4.74 Å². The van der Waals surface area contributed by atoms with E-state index >= 15 is 0 Å². The van der Waals surface area contributed by atoms with Gasteiger partial charge in [-0.1, -0.05) is 56.4 Å². The lowest BCUT2D eigenvalue weighted by atomic mass is 9.87.